The number of ether oxygens (including phenoxy) is 1. The van der Waals surface area contributed by atoms with Crippen LogP contribution in [-0.4, -0.2) is 19.3 Å². The fourth-order valence-electron chi connectivity index (χ4n) is 0.876. The van der Waals surface area contributed by atoms with Crippen LogP contribution in [0.4, 0.5) is 0 Å². The van der Waals surface area contributed by atoms with Gasteiger partial charge in [0.1, 0.15) is 0 Å². The molecule has 0 aromatic carbocycles. The molecule has 0 aliphatic heterocycles. The highest BCUT2D eigenvalue weighted by Gasteiger charge is 2.02. The van der Waals surface area contributed by atoms with Gasteiger partial charge in [0.2, 0.25) is 0 Å². The van der Waals surface area contributed by atoms with Gasteiger partial charge in [-0.15, -0.1) is 0 Å². The zero-order chi connectivity index (χ0) is 7.82. The van der Waals surface area contributed by atoms with Gasteiger partial charge in [0, 0.05) is 13.2 Å². The predicted octanol–water partition coefficient (Wildman–Crippen LogP) is 1.54. The molecule has 0 radical (unpaired) electrons. The van der Waals surface area contributed by atoms with Crippen molar-refractivity contribution in [1.82, 2.24) is 0 Å². The summed E-state index contributed by atoms with van der Waals surface area (Å²) in [6.45, 7) is 5.77. The van der Waals surface area contributed by atoms with E-state index in [0.29, 0.717) is 12.6 Å². The van der Waals surface area contributed by atoms with Crippen LogP contribution < -0.4 is 5.73 Å². The second-order valence-electron chi connectivity index (χ2n) is 2.52. The molecule has 0 aliphatic carbocycles. The standard InChI is InChI=1S/C8H19NO/c1-3-5-8(7-9)10-6-4-2/h8H,3-7,9H2,1-2H3. The van der Waals surface area contributed by atoms with Crippen molar-refractivity contribution in [3.8, 4) is 0 Å². The Kier molecular flexibility index (Phi) is 6.98. The Bertz CT molecular complexity index is 66.3. The van der Waals surface area contributed by atoms with Crippen molar-refractivity contribution in [2.45, 2.75) is 39.2 Å². The van der Waals surface area contributed by atoms with Gasteiger partial charge in [-0.2, -0.15) is 0 Å². The van der Waals surface area contributed by atoms with Crippen LogP contribution in [0.1, 0.15) is 33.1 Å². The van der Waals surface area contributed by atoms with E-state index in [1.54, 1.807) is 0 Å². The molecule has 2 N–H and O–H groups in total. The summed E-state index contributed by atoms with van der Waals surface area (Å²) >= 11 is 0. The second kappa shape index (κ2) is 7.03. The summed E-state index contributed by atoms with van der Waals surface area (Å²) < 4.78 is 5.46. The summed E-state index contributed by atoms with van der Waals surface area (Å²) in [7, 11) is 0. The van der Waals surface area contributed by atoms with Crippen LogP contribution in [0, 0.1) is 0 Å². The number of hydrogen-bond acceptors (Lipinski definition) is 2. The average Bonchev–Trinajstić information content (AvgIpc) is 1.98. The normalized spacial score (nSPS) is 13.5. The molecule has 0 fully saturated rings. The maximum absolute atomic E-state index is 5.47. The van der Waals surface area contributed by atoms with Gasteiger partial charge in [0.05, 0.1) is 6.10 Å². The SMILES string of the molecule is CCCOC(CN)CCC. The van der Waals surface area contributed by atoms with E-state index in [9.17, 15) is 0 Å². The molecular formula is C8H19NO. The van der Waals surface area contributed by atoms with Crippen LogP contribution >= 0.6 is 0 Å². The van der Waals surface area contributed by atoms with E-state index in [4.69, 9.17) is 10.5 Å². The Morgan fingerprint density at radius 2 is 2.00 bits per heavy atom. The van der Waals surface area contributed by atoms with Crippen LogP contribution in [0.25, 0.3) is 0 Å². The summed E-state index contributed by atoms with van der Waals surface area (Å²) in [5, 5.41) is 0. The lowest BCUT2D eigenvalue weighted by Gasteiger charge is -2.13. The molecule has 0 aromatic heterocycles. The highest BCUT2D eigenvalue weighted by Crippen LogP contribution is 2.00. The van der Waals surface area contributed by atoms with Crippen molar-refractivity contribution in [1.29, 1.82) is 0 Å². The summed E-state index contributed by atoms with van der Waals surface area (Å²) in [6.07, 6.45) is 3.63. The lowest BCUT2D eigenvalue weighted by atomic mass is 10.2. The van der Waals surface area contributed by atoms with Crippen molar-refractivity contribution in [2.24, 2.45) is 5.73 Å². The molecule has 0 aliphatic rings. The molecule has 0 spiro atoms. The minimum absolute atomic E-state index is 0.296. The van der Waals surface area contributed by atoms with Crippen LogP contribution in [0.2, 0.25) is 0 Å². The largest absolute Gasteiger partial charge is 0.377 e. The quantitative estimate of drug-likeness (QED) is 0.615. The molecule has 1 atom stereocenters. The fourth-order valence-corrected chi connectivity index (χ4v) is 0.876. The van der Waals surface area contributed by atoms with Crippen LogP contribution in [0.5, 0.6) is 0 Å². The lowest BCUT2D eigenvalue weighted by Crippen LogP contribution is -2.23. The van der Waals surface area contributed by atoms with Gasteiger partial charge in [0.25, 0.3) is 0 Å². The first-order valence-electron chi connectivity index (χ1n) is 4.16. The van der Waals surface area contributed by atoms with Crippen molar-refractivity contribution >= 4 is 0 Å². The van der Waals surface area contributed by atoms with Crippen molar-refractivity contribution in [3.63, 3.8) is 0 Å². The zero-order valence-electron chi connectivity index (χ0n) is 7.10. The molecule has 2 nitrogen and oxygen atoms in total. The van der Waals surface area contributed by atoms with E-state index in [2.05, 4.69) is 13.8 Å². The number of hydrogen-bond donors (Lipinski definition) is 1. The molecule has 0 heterocycles. The van der Waals surface area contributed by atoms with E-state index in [1.807, 2.05) is 0 Å². The van der Waals surface area contributed by atoms with E-state index in [1.165, 1.54) is 0 Å². The molecule has 1 unspecified atom stereocenters. The minimum atomic E-state index is 0.296. The minimum Gasteiger partial charge on any atom is -0.377 e. The molecule has 0 saturated heterocycles. The summed E-state index contributed by atoms with van der Waals surface area (Å²) in [5.41, 5.74) is 5.47. The predicted molar refractivity (Wildman–Crippen MR) is 44.0 cm³/mol. The first-order valence-corrected chi connectivity index (χ1v) is 4.16. The molecule has 2 heteroatoms. The summed E-state index contributed by atoms with van der Waals surface area (Å²) in [4.78, 5) is 0. The van der Waals surface area contributed by atoms with E-state index < -0.39 is 0 Å². The third-order valence-electron chi connectivity index (χ3n) is 1.43. The molecule has 0 bridgehead atoms. The van der Waals surface area contributed by atoms with Crippen molar-refractivity contribution in [2.75, 3.05) is 13.2 Å². The van der Waals surface area contributed by atoms with Gasteiger partial charge in [-0.25, -0.2) is 0 Å². The van der Waals surface area contributed by atoms with E-state index in [-0.39, 0.29) is 0 Å². The van der Waals surface area contributed by atoms with Gasteiger partial charge in [-0.3, -0.25) is 0 Å². The highest BCUT2D eigenvalue weighted by molar-refractivity contribution is 4.56. The van der Waals surface area contributed by atoms with E-state index in [0.717, 1.165) is 25.9 Å². The van der Waals surface area contributed by atoms with Gasteiger partial charge in [0.15, 0.2) is 0 Å². The topological polar surface area (TPSA) is 35.2 Å². The number of nitrogens with two attached hydrogens (primary N) is 1. The maximum Gasteiger partial charge on any atom is 0.0697 e. The van der Waals surface area contributed by atoms with Crippen LogP contribution in [-0.2, 0) is 4.74 Å². The lowest BCUT2D eigenvalue weighted by molar-refractivity contribution is 0.0534. The second-order valence-corrected chi connectivity index (χ2v) is 2.52. The summed E-state index contributed by atoms with van der Waals surface area (Å²) in [5.74, 6) is 0. The molecule has 0 aromatic rings. The maximum atomic E-state index is 5.47. The molecule has 0 rings (SSSR count). The fraction of sp³-hybridized carbons (Fsp3) is 1.00. The smallest absolute Gasteiger partial charge is 0.0697 e. The Morgan fingerprint density at radius 1 is 1.30 bits per heavy atom. The Morgan fingerprint density at radius 3 is 2.40 bits per heavy atom. The zero-order valence-corrected chi connectivity index (χ0v) is 7.10. The van der Waals surface area contributed by atoms with Gasteiger partial charge in [-0.1, -0.05) is 20.3 Å². The van der Waals surface area contributed by atoms with Gasteiger partial charge in [-0.05, 0) is 12.8 Å². The average molecular weight is 145 g/mol. The third-order valence-corrected chi connectivity index (χ3v) is 1.43. The van der Waals surface area contributed by atoms with Gasteiger partial charge < -0.3 is 10.5 Å². The van der Waals surface area contributed by atoms with Crippen molar-refractivity contribution < 1.29 is 4.74 Å². The first-order chi connectivity index (χ1) is 4.85. The Hall–Kier alpha value is -0.0800. The molecule has 10 heavy (non-hydrogen) atoms. The highest BCUT2D eigenvalue weighted by atomic mass is 16.5. The molecule has 62 valence electrons. The van der Waals surface area contributed by atoms with E-state index >= 15 is 0 Å². The van der Waals surface area contributed by atoms with Gasteiger partial charge >= 0.3 is 0 Å². The molecule has 0 amide bonds. The molecule has 0 saturated carbocycles. The first kappa shape index (κ1) is 9.92. The van der Waals surface area contributed by atoms with Crippen LogP contribution in [0.3, 0.4) is 0 Å². The summed E-state index contributed by atoms with van der Waals surface area (Å²) in [6, 6.07) is 0. The monoisotopic (exact) mass is 145 g/mol. The Balaban J connectivity index is 3.21. The molecular weight excluding hydrogens is 126 g/mol. The van der Waals surface area contributed by atoms with Crippen LogP contribution in [0.15, 0.2) is 0 Å². The third kappa shape index (κ3) is 4.77. The van der Waals surface area contributed by atoms with Crippen molar-refractivity contribution in [3.05, 3.63) is 0 Å². The Labute approximate surface area is 63.7 Å². The number of rotatable bonds is 6.